The molecule has 2 rings (SSSR count). The molecule has 0 spiro atoms. The highest BCUT2D eigenvalue weighted by atomic mass is 32.2. The Hall–Kier alpha value is -0.870. The molecule has 8 nitrogen and oxygen atoms in total. The van der Waals surface area contributed by atoms with Gasteiger partial charge in [0.05, 0.1) is 6.61 Å². The molecule has 1 aromatic heterocycles. The van der Waals surface area contributed by atoms with Gasteiger partial charge in [-0.1, -0.05) is 0 Å². The molecule has 9 heteroatoms. The van der Waals surface area contributed by atoms with E-state index in [2.05, 4.69) is 15.2 Å². The lowest BCUT2D eigenvalue weighted by Gasteiger charge is -2.11. The number of nitrogen functional groups attached to an aromatic ring is 1. The van der Waals surface area contributed by atoms with Gasteiger partial charge in [0.2, 0.25) is 11.1 Å². The monoisotopic (exact) mass is 248 g/mol. The van der Waals surface area contributed by atoms with Gasteiger partial charge in [-0.05, 0) is 11.8 Å². The highest BCUT2D eigenvalue weighted by Gasteiger charge is 2.43. The van der Waals surface area contributed by atoms with Gasteiger partial charge in [0, 0.05) is 0 Å². The van der Waals surface area contributed by atoms with E-state index in [1.807, 2.05) is 0 Å². The zero-order valence-corrected chi connectivity index (χ0v) is 8.96. The summed E-state index contributed by atoms with van der Waals surface area (Å²) < 4.78 is 5.23. The molecule has 4 atom stereocenters. The fraction of sp³-hybridized carbons (Fsp3) is 0.714. The maximum absolute atomic E-state index is 9.62. The van der Waals surface area contributed by atoms with Gasteiger partial charge in [-0.25, -0.2) is 5.10 Å². The third-order valence-corrected chi connectivity index (χ3v) is 3.22. The smallest absolute Gasteiger partial charge is 0.216 e. The van der Waals surface area contributed by atoms with Crippen LogP contribution >= 0.6 is 11.8 Å². The van der Waals surface area contributed by atoms with Gasteiger partial charge >= 0.3 is 0 Å². The summed E-state index contributed by atoms with van der Waals surface area (Å²) in [5, 5.41) is 34.5. The first-order chi connectivity index (χ1) is 7.61. The molecule has 1 aliphatic heterocycles. The number of aliphatic hydroxyl groups excluding tert-OH is 3. The molecule has 0 aromatic carbocycles. The quantitative estimate of drug-likeness (QED) is 0.411. The predicted molar refractivity (Wildman–Crippen MR) is 54.4 cm³/mol. The molecule has 90 valence electrons. The van der Waals surface area contributed by atoms with E-state index in [9.17, 15) is 10.2 Å². The molecule has 1 aromatic rings. The highest BCUT2D eigenvalue weighted by Crippen LogP contribution is 2.32. The predicted octanol–water partition coefficient (Wildman–Crippen LogP) is -2.08. The zero-order chi connectivity index (χ0) is 11.7. The minimum atomic E-state index is -1.11. The molecule has 1 aliphatic rings. The molecule has 0 radical (unpaired) electrons. The molecule has 0 saturated carbocycles. The van der Waals surface area contributed by atoms with Crippen LogP contribution in [0.15, 0.2) is 5.16 Å². The second-order valence-electron chi connectivity index (χ2n) is 3.33. The molecule has 2 heterocycles. The number of H-pyrrole nitrogens is 1. The maximum Gasteiger partial charge on any atom is 0.216 e. The van der Waals surface area contributed by atoms with Crippen LogP contribution in [0.2, 0.25) is 0 Å². The number of nitrogens with zero attached hydrogens (tertiary/aromatic N) is 2. The molecule has 1 fully saturated rings. The fourth-order valence-electron chi connectivity index (χ4n) is 1.38. The van der Waals surface area contributed by atoms with Crippen LogP contribution in [0.1, 0.15) is 0 Å². The SMILES string of the molecule is Nc1nc(S[C@@H]2O[C@H](CO)[C@H](O)[C@@H]2O)n[nH]1. The molecule has 0 unspecified atom stereocenters. The van der Waals surface area contributed by atoms with E-state index in [4.69, 9.17) is 15.6 Å². The largest absolute Gasteiger partial charge is 0.394 e. The summed E-state index contributed by atoms with van der Waals surface area (Å²) in [5.74, 6) is 0.161. The lowest BCUT2D eigenvalue weighted by molar-refractivity contribution is -0.00810. The minimum Gasteiger partial charge on any atom is -0.394 e. The number of rotatable bonds is 3. The van der Waals surface area contributed by atoms with Gasteiger partial charge < -0.3 is 25.8 Å². The van der Waals surface area contributed by atoms with Crippen molar-refractivity contribution in [1.29, 1.82) is 0 Å². The highest BCUT2D eigenvalue weighted by molar-refractivity contribution is 7.99. The van der Waals surface area contributed by atoms with Crippen molar-refractivity contribution in [3.05, 3.63) is 0 Å². The topological polar surface area (TPSA) is 138 Å². The maximum atomic E-state index is 9.62. The van der Waals surface area contributed by atoms with Crippen LogP contribution in [-0.2, 0) is 4.74 Å². The number of ether oxygens (including phenoxy) is 1. The minimum absolute atomic E-state index is 0.161. The molecule has 0 aliphatic carbocycles. The lowest BCUT2D eigenvalue weighted by atomic mass is 10.2. The first kappa shape index (κ1) is 11.6. The first-order valence-electron chi connectivity index (χ1n) is 4.59. The Morgan fingerprint density at radius 3 is 2.69 bits per heavy atom. The standard InChI is InChI=1S/C7H12N4O4S/c8-6-9-7(11-10-6)16-5-4(14)3(13)2(1-12)15-5/h2-5,12-14H,1H2,(H3,8,9,10,11)/t2-,3+,4+,5+/m1/s1. The third kappa shape index (κ3) is 2.13. The van der Waals surface area contributed by atoms with Gasteiger partial charge in [0.1, 0.15) is 23.7 Å². The van der Waals surface area contributed by atoms with E-state index in [0.29, 0.717) is 5.16 Å². The number of hydrogen-bond acceptors (Lipinski definition) is 8. The third-order valence-electron chi connectivity index (χ3n) is 2.20. The average molecular weight is 248 g/mol. The van der Waals surface area contributed by atoms with Crippen LogP contribution in [0.25, 0.3) is 0 Å². The summed E-state index contributed by atoms with van der Waals surface area (Å²) in [7, 11) is 0. The number of hydrogen-bond donors (Lipinski definition) is 5. The normalized spacial score (nSPS) is 34.4. The molecule has 0 amide bonds. The second-order valence-corrected chi connectivity index (χ2v) is 4.39. The van der Waals surface area contributed by atoms with Crippen LogP contribution in [0.4, 0.5) is 5.95 Å². The van der Waals surface area contributed by atoms with Crippen molar-refractivity contribution in [3.63, 3.8) is 0 Å². The van der Waals surface area contributed by atoms with E-state index >= 15 is 0 Å². The van der Waals surface area contributed by atoms with Crippen LogP contribution in [0.3, 0.4) is 0 Å². The Balaban J connectivity index is 2.01. The molecule has 0 bridgehead atoms. The fourth-order valence-corrected chi connectivity index (χ4v) is 2.33. The second kappa shape index (κ2) is 4.55. The molecular formula is C7H12N4O4S. The summed E-state index contributed by atoms with van der Waals surface area (Å²) in [6.45, 7) is -0.356. The molecular weight excluding hydrogens is 236 g/mol. The van der Waals surface area contributed by atoms with Crippen molar-refractivity contribution >= 4 is 17.7 Å². The Morgan fingerprint density at radius 1 is 1.44 bits per heavy atom. The van der Waals surface area contributed by atoms with Crippen molar-refractivity contribution in [2.75, 3.05) is 12.3 Å². The summed E-state index contributed by atoms with van der Waals surface area (Å²) in [6.07, 6.45) is -3.00. The van der Waals surface area contributed by atoms with Crippen LogP contribution < -0.4 is 5.73 Å². The number of nitrogens with two attached hydrogens (primary N) is 1. The Morgan fingerprint density at radius 2 is 2.19 bits per heavy atom. The van der Waals surface area contributed by atoms with E-state index in [0.717, 1.165) is 11.8 Å². The summed E-state index contributed by atoms with van der Waals surface area (Å²) in [5.41, 5.74) is 4.61. The number of aromatic amines is 1. The summed E-state index contributed by atoms with van der Waals surface area (Å²) >= 11 is 1.03. The van der Waals surface area contributed by atoms with Gasteiger partial charge in [-0.15, -0.1) is 5.10 Å². The van der Waals surface area contributed by atoms with Crippen molar-refractivity contribution in [2.45, 2.75) is 28.9 Å². The number of aromatic nitrogens is 3. The Kier molecular flexibility index (Phi) is 3.30. The van der Waals surface area contributed by atoms with Crippen molar-refractivity contribution in [2.24, 2.45) is 0 Å². The van der Waals surface area contributed by atoms with E-state index < -0.39 is 23.7 Å². The zero-order valence-electron chi connectivity index (χ0n) is 8.15. The number of thioether (sulfide) groups is 1. The van der Waals surface area contributed by atoms with E-state index in [1.165, 1.54) is 0 Å². The van der Waals surface area contributed by atoms with Crippen LogP contribution in [-0.4, -0.2) is 60.9 Å². The van der Waals surface area contributed by atoms with E-state index in [1.54, 1.807) is 0 Å². The van der Waals surface area contributed by atoms with Crippen LogP contribution in [0.5, 0.6) is 0 Å². The first-order valence-corrected chi connectivity index (χ1v) is 5.46. The van der Waals surface area contributed by atoms with Gasteiger partial charge in [-0.2, -0.15) is 4.98 Å². The Bertz CT molecular complexity index is 362. The summed E-state index contributed by atoms with van der Waals surface area (Å²) in [4.78, 5) is 3.82. The molecule has 1 saturated heterocycles. The van der Waals surface area contributed by atoms with Gasteiger partial charge in [-0.3, -0.25) is 0 Å². The number of nitrogens with one attached hydrogen (secondary N) is 1. The molecule has 16 heavy (non-hydrogen) atoms. The van der Waals surface area contributed by atoms with Crippen molar-refractivity contribution in [1.82, 2.24) is 15.2 Å². The molecule has 6 N–H and O–H groups in total. The van der Waals surface area contributed by atoms with Gasteiger partial charge in [0.15, 0.2) is 0 Å². The van der Waals surface area contributed by atoms with Gasteiger partial charge in [0.25, 0.3) is 0 Å². The van der Waals surface area contributed by atoms with E-state index in [-0.39, 0.29) is 12.6 Å². The van der Waals surface area contributed by atoms with Crippen molar-refractivity contribution in [3.8, 4) is 0 Å². The van der Waals surface area contributed by atoms with Crippen molar-refractivity contribution < 1.29 is 20.1 Å². The van der Waals surface area contributed by atoms with Crippen LogP contribution in [0, 0.1) is 0 Å². The number of aliphatic hydroxyl groups is 3. The number of anilines is 1. The average Bonchev–Trinajstić information content (AvgIpc) is 2.78. The Labute approximate surface area is 94.8 Å². The summed E-state index contributed by atoms with van der Waals surface area (Å²) in [6, 6.07) is 0. The lowest BCUT2D eigenvalue weighted by Crippen LogP contribution is -2.33.